The fraction of sp³-hybridized carbons (Fsp3) is 0.125. The molecule has 0 aliphatic rings. The van der Waals surface area contributed by atoms with Crippen molar-refractivity contribution in [2.75, 3.05) is 7.05 Å². The number of benzene rings is 3. The lowest BCUT2D eigenvalue weighted by atomic mass is 10.0. The fourth-order valence-corrected chi connectivity index (χ4v) is 2.93. The van der Waals surface area contributed by atoms with Gasteiger partial charge in [0.05, 0.1) is 6.42 Å². The molecular weight excluding hydrogens is 380 g/mol. The second kappa shape index (κ2) is 10.0. The van der Waals surface area contributed by atoms with Crippen LogP contribution in [0, 0.1) is 0 Å². The minimum absolute atomic E-state index is 0.00561. The summed E-state index contributed by atoms with van der Waals surface area (Å²) in [7, 11) is 1.39. The molecule has 0 aromatic heterocycles. The van der Waals surface area contributed by atoms with Gasteiger partial charge >= 0.3 is 12.0 Å². The highest BCUT2D eigenvalue weighted by molar-refractivity contribution is 5.97. The van der Waals surface area contributed by atoms with E-state index in [-0.39, 0.29) is 6.42 Å². The van der Waals surface area contributed by atoms with Crippen molar-refractivity contribution in [1.82, 2.24) is 10.6 Å². The highest BCUT2D eigenvalue weighted by atomic mass is 16.5. The number of hydrogen-bond donors (Lipinski definition) is 2. The lowest BCUT2D eigenvalue weighted by Gasteiger charge is -2.17. The van der Waals surface area contributed by atoms with Crippen LogP contribution in [0.3, 0.4) is 0 Å². The van der Waals surface area contributed by atoms with Gasteiger partial charge in [-0.25, -0.2) is 4.79 Å². The molecule has 0 unspecified atom stereocenters. The standard InChI is InChI=1S/C24H22N2O4/c1-25-24(29)26-23(28)22(20-10-6-3-7-11-20)30-21(27)16-17-12-14-19(15-13-17)18-8-4-2-5-9-18/h2-15,22H,16H2,1H3,(H2,25,26,28,29)/t22-/m0/s1. The molecule has 0 fully saturated rings. The van der Waals surface area contributed by atoms with Crippen molar-refractivity contribution in [1.29, 1.82) is 0 Å². The summed E-state index contributed by atoms with van der Waals surface area (Å²) in [5.74, 6) is -1.28. The van der Waals surface area contributed by atoms with Gasteiger partial charge in [0, 0.05) is 12.6 Å². The first-order chi connectivity index (χ1) is 14.6. The zero-order valence-corrected chi connectivity index (χ0v) is 16.5. The van der Waals surface area contributed by atoms with Gasteiger partial charge in [0.15, 0.2) is 0 Å². The number of urea groups is 1. The summed E-state index contributed by atoms with van der Waals surface area (Å²) in [6.07, 6.45) is -1.22. The highest BCUT2D eigenvalue weighted by Crippen LogP contribution is 2.21. The maximum Gasteiger partial charge on any atom is 0.321 e. The number of ether oxygens (including phenoxy) is 1. The summed E-state index contributed by atoms with van der Waals surface area (Å²) in [5.41, 5.74) is 3.37. The number of imide groups is 1. The predicted octanol–water partition coefficient (Wildman–Crippen LogP) is 3.64. The van der Waals surface area contributed by atoms with E-state index in [1.165, 1.54) is 7.05 Å². The largest absolute Gasteiger partial charge is 0.447 e. The van der Waals surface area contributed by atoms with Crippen LogP contribution in [0.1, 0.15) is 17.2 Å². The SMILES string of the molecule is CNC(=O)NC(=O)[C@@H](OC(=O)Cc1ccc(-c2ccccc2)cc1)c1ccccc1. The molecule has 0 aliphatic carbocycles. The molecule has 1 atom stereocenters. The second-order valence-corrected chi connectivity index (χ2v) is 6.59. The summed E-state index contributed by atoms with van der Waals surface area (Å²) in [4.78, 5) is 36.5. The molecule has 0 radical (unpaired) electrons. The zero-order valence-electron chi connectivity index (χ0n) is 16.5. The number of carbonyl (C=O) groups excluding carboxylic acids is 3. The lowest BCUT2D eigenvalue weighted by Crippen LogP contribution is -2.41. The second-order valence-electron chi connectivity index (χ2n) is 6.59. The molecule has 3 rings (SSSR count). The predicted molar refractivity (Wildman–Crippen MR) is 113 cm³/mol. The minimum atomic E-state index is -1.22. The van der Waals surface area contributed by atoms with E-state index in [4.69, 9.17) is 4.74 Å². The van der Waals surface area contributed by atoms with Crippen LogP contribution < -0.4 is 10.6 Å². The van der Waals surface area contributed by atoms with Gasteiger partial charge in [-0.15, -0.1) is 0 Å². The van der Waals surface area contributed by atoms with E-state index in [1.54, 1.807) is 30.3 Å². The van der Waals surface area contributed by atoms with Crippen LogP contribution in [-0.4, -0.2) is 25.0 Å². The number of nitrogens with one attached hydrogen (secondary N) is 2. The topological polar surface area (TPSA) is 84.5 Å². The Morgan fingerprint density at radius 1 is 0.800 bits per heavy atom. The Morgan fingerprint density at radius 2 is 1.37 bits per heavy atom. The maximum absolute atomic E-state index is 12.5. The van der Waals surface area contributed by atoms with E-state index in [0.29, 0.717) is 5.56 Å². The van der Waals surface area contributed by atoms with Crippen LogP contribution in [0.25, 0.3) is 11.1 Å². The number of carbonyl (C=O) groups is 3. The summed E-state index contributed by atoms with van der Waals surface area (Å²) >= 11 is 0. The van der Waals surface area contributed by atoms with Gasteiger partial charge in [0.25, 0.3) is 5.91 Å². The van der Waals surface area contributed by atoms with Crippen molar-refractivity contribution >= 4 is 17.9 Å². The molecule has 3 amide bonds. The van der Waals surface area contributed by atoms with Gasteiger partial charge in [0.1, 0.15) is 0 Å². The van der Waals surface area contributed by atoms with Crippen molar-refractivity contribution in [2.24, 2.45) is 0 Å². The Morgan fingerprint density at radius 3 is 1.97 bits per heavy atom. The van der Waals surface area contributed by atoms with Crippen LogP contribution in [0.4, 0.5) is 4.79 Å². The average molecular weight is 402 g/mol. The van der Waals surface area contributed by atoms with Crippen LogP contribution in [0.2, 0.25) is 0 Å². The van der Waals surface area contributed by atoms with Crippen molar-refractivity contribution in [3.8, 4) is 11.1 Å². The molecular formula is C24H22N2O4. The van der Waals surface area contributed by atoms with Crippen molar-refractivity contribution in [3.05, 3.63) is 96.1 Å². The van der Waals surface area contributed by atoms with E-state index in [9.17, 15) is 14.4 Å². The maximum atomic E-state index is 12.5. The number of esters is 1. The molecule has 3 aromatic rings. The van der Waals surface area contributed by atoms with Gasteiger partial charge in [0.2, 0.25) is 6.10 Å². The Bertz CT molecular complexity index is 1000. The molecule has 0 heterocycles. The van der Waals surface area contributed by atoms with Crippen LogP contribution >= 0.6 is 0 Å². The third-order valence-corrected chi connectivity index (χ3v) is 4.46. The van der Waals surface area contributed by atoms with Crippen LogP contribution in [0.15, 0.2) is 84.9 Å². The summed E-state index contributed by atoms with van der Waals surface area (Å²) < 4.78 is 5.43. The Kier molecular flexibility index (Phi) is 6.95. The summed E-state index contributed by atoms with van der Waals surface area (Å²) in [6.45, 7) is 0. The van der Waals surface area contributed by atoms with E-state index in [0.717, 1.165) is 16.7 Å². The molecule has 3 aromatic carbocycles. The number of hydrogen-bond acceptors (Lipinski definition) is 4. The third-order valence-electron chi connectivity index (χ3n) is 4.46. The highest BCUT2D eigenvalue weighted by Gasteiger charge is 2.26. The summed E-state index contributed by atoms with van der Waals surface area (Å²) in [5, 5.41) is 4.46. The Labute approximate surface area is 174 Å². The normalized spacial score (nSPS) is 11.2. The van der Waals surface area contributed by atoms with Crippen molar-refractivity contribution in [2.45, 2.75) is 12.5 Å². The van der Waals surface area contributed by atoms with Gasteiger partial charge in [-0.3, -0.25) is 14.9 Å². The summed E-state index contributed by atoms with van der Waals surface area (Å²) in [6, 6.07) is 25.4. The lowest BCUT2D eigenvalue weighted by molar-refractivity contribution is -0.155. The molecule has 0 spiro atoms. The van der Waals surface area contributed by atoms with Crippen molar-refractivity contribution < 1.29 is 19.1 Å². The Balaban J connectivity index is 1.69. The molecule has 6 nitrogen and oxygen atoms in total. The van der Waals surface area contributed by atoms with Crippen LogP contribution in [0.5, 0.6) is 0 Å². The molecule has 0 aliphatic heterocycles. The number of amides is 3. The van der Waals surface area contributed by atoms with Crippen molar-refractivity contribution in [3.63, 3.8) is 0 Å². The van der Waals surface area contributed by atoms with E-state index in [1.807, 2.05) is 54.6 Å². The quantitative estimate of drug-likeness (QED) is 0.617. The van der Waals surface area contributed by atoms with Crippen LogP contribution in [-0.2, 0) is 20.7 Å². The molecule has 6 heteroatoms. The van der Waals surface area contributed by atoms with E-state index < -0.39 is 24.0 Å². The fourth-order valence-electron chi connectivity index (χ4n) is 2.93. The van der Waals surface area contributed by atoms with Gasteiger partial charge < -0.3 is 10.1 Å². The number of rotatable bonds is 6. The molecule has 0 bridgehead atoms. The first kappa shape index (κ1) is 20.8. The Hall–Kier alpha value is -3.93. The average Bonchev–Trinajstić information content (AvgIpc) is 2.79. The smallest absolute Gasteiger partial charge is 0.321 e. The molecule has 2 N–H and O–H groups in total. The van der Waals surface area contributed by atoms with Gasteiger partial charge in [-0.1, -0.05) is 84.9 Å². The third kappa shape index (κ3) is 5.54. The first-order valence-electron chi connectivity index (χ1n) is 9.48. The molecule has 0 saturated heterocycles. The minimum Gasteiger partial charge on any atom is -0.447 e. The molecule has 152 valence electrons. The molecule has 30 heavy (non-hydrogen) atoms. The van der Waals surface area contributed by atoms with E-state index >= 15 is 0 Å². The van der Waals surface area contributed by atoms with Gasteiger partial charge in [-0.2, -0.15) is 0 Å². The van der Waals surface area contributed by atoms with E-state index in [2.05, 4.69) is 10.6 Å². The van der Waals surface area contributed by atoms with Gasteiger partial charge in [-0.05, 0) is 16.7 Å². The molecule has 0 saturated carbocycles. The first-order valence-corrected chi connectivity index (χ1v) is 9.48. The zero-order chi connectivity index (χ0) is 21.3. The monoisotopic (exact) mass is 402 g/mol.